The van der Waals surface area contributed by atoms with E-state index in [1.54, 1.807) is 6.07 Å². The predicted octanol–water partition coefficient (Wildman–Crippen LogP) is 4.60. The highest BCUT2D eigenvalue weighted by molar-refractivity contribution is 5.87. The summed E-state index contributed by atoms with van der Waals surface area (Å²) in [5.41, 5.74) is 3.51. The van der Waals surface area contributed by atoms with Gasteiger partial charge in [-0.15, -0.1) is 0 Å². The van der Waals surface area contributed by atoms with Gasteiger partial charge in [0.15, 0.2) is 0 Å². The van der Waals surface area contributed by atoms with Gasteiger partial charge >= 0.3 is 0 Å². The zero-order chi connectivity index (χ0) is 14.8. The Morgan fingerprint density at radius 3 is 2.38 bits per heavy atom. The van der Waals surface area contributed by atoms with E-state index >= 15 is 0 Å². The molecule has 0 heterocycles. The summed E-state index contributed by atoms with van der Waals surface area (Å²) in [6.07, 6.45) is 0. The first-order valence-corrected chi connectivity index (χ1v) is 7.11. The molecular formula is C19H18FN. The number of nitrogens with one attached hydrogen (secondary N) is 1. The zero-order valence-corrected chi connectivity index (χ0v) is 12.2. The summed E-state index contributed by atoms with van der Waals surface area (Å²) in [7, 11) is 1.94. The molecule has 0 aliphatic rings. The van der Waals surface area contributed by atoms with Crippen LogP contribution in [-0.2, 0) is 0 Å². The van der Waals surface area contributed by atoms with Crippen molar-refractivity contribution in [3.63, 3.8) is 0 Å². The number of rotatable bonds is 3. The van der Waals surface area contributed by atoms with Crippen LogP contribution in [0.15, 0.2) is 60.7 Å². The fourth-order valence-electron chi connectivity index (χ4n) is 2.89. The van der Waals surface area contributed by atoms with Crippen LogP contribution in [0.4, 0.5) is 4.39 Å². The van der Waals surface area contributed by atoms with E-state index in [4.69, 9.17) is 0 Å². The molecule has 0 aliphatic carbocycles. The van der Waals surface area contributed by atoms with Crippen molar-refractivity contribution in [2.75, 3.05) is 7.05 Å². The van der Waals surface area contributed by atoms with Gasteiger partial charge in [0.25, 0.3) is 0 Å². The maximum atomic E-state index is 14.0. The van der Waals surface area contributed by atoms with Crippen LogP contribution < -0.4 is 5.32 Å². The molecule has 3 aromatic rings. The first-order valence-electron chi connectivity index (χ1n) is 7.11. The van der Waals surface area contributed by atoms with Gasteiger partial charge in [0.2, 0.25) is 0 Å². The van der Waals surface area contributed by atoms with Gasteiger partial charge in [-0.2, -0.15) is 0 Å². The fraction of sp³-hybridized carbons (Fsp3) is 0.158. The van der Waals surface area contributed by atoms with Crippen LogP contribution in [0.5, 0.6) is 0 Å². The first-order chi connectivity index (χ1) is 10.2. The Kier molecular flexibility index (Phi) is 3.72. The Labute approximate surface area is 124 Å². The number of benzene rings is 3. The molecule has 0 fully saturated rings. The highest BCUT2D eigenvalue weighted by Gasteiger charge is 2.16. The molecule has 0 saturated carbocycles. The SMILES string of the molecule is CNC(c1cccc(C)c1)c1ccc(F)c2ccccc12. The van der Waals surface area contributed by atoms with Crippen molar-refractivity contribution in [2.45, 2.75) is 13.0 Å². The second-order valence-electron chi connectivity index (χ2n) is 5.32. The van der Waals surface area contributed by atoms with Crippen molar-refractivity contribution in [3.8, 4) is 0 Å². The first kappa shape index (κ1) is 13.8. The monoisotopic (exact) mass is 279 g/mol. The van der Waals surface area contributed by atoms with Crippen molar-refractivity contribution < 1.29 is 4.39 Å². The number of hydrogen-bond acceptors (Lipinski definition) is 1. The van der Waals surface area contributed by atoms with Gasteiger partial charge in [-0.3, -0.25) is 0 Å². The minimum absolute atomic E-state index is 0.0513. The molecule has 3 aromatic carbocycles. The van der Waals surface area contributed by atoms with Crippen LogP contribution in [0.1, 0.15) is 22.7 Å². The van der Waals surface area contributed by atoms with Crippen LogP contribution in [0, 0.1) is 12.7 Å². The predicted molar refractivity (Wildman–Crippen MR) is 86.0 cm³/mol. The molecule has 106 valence electrons. The van der Waals surface area contributed by atoms with E-state index in [0.29, 0.717) is 5.39 Å². The summed E-state index contributed by atoms with van der Waals surface area (Å²) in [6.45, 7) is 2.08. The maximum absolute atomic E-state index is 14.0. The third-order valence-corrected chi connectivity index (χ3v) is 3.88. The number of halogens is 1. The lowest BCUT2D eigenvalue weighted by atomic mass is 9.93. The molecule has 0 bridgehead atoms. The van der Waals surface area contributed by atoms with Gasteiger partial charge in [0, 0.05) is 5.39 Å². The lowest BCUT2D eigenvalue weighted by Gasteiger charge is -2.20. The molecule has 0 spiro atoms. The molecule has 0 aromatic heterocycles. The Morgan fingerprint density at radius 2 is 1.67 bits per heavy atom. The molecule has 2 heteroatoms. The van der Waals surface area contributed by atoms with E-state index in [2.05, 4.69) is 36.5 Å². The van der Waals surface area contributed by atoms with Gasteiger partial charge in [0.05, 0.1) is 6.04 Å². The minimum Gasteiger partial charge on any atom is -0.309 e. The highest BCUT2D eigenvalue weighted by atomic mass is 19.1. The zero-order valence-electron chi connectivity index (χ0n) is 12.2. The topological polar surface area (TPSA) is 12.0 Å². The number of hydrogen-bond donors (Lipinski definition) is 1. The van der Waals surface area contributed by atoms with Crippen LogP contribution in [0.2, 0.25) is 0 Å². The van der Waals surface area contributed by atoms with Gasteiger partial charge in [0.1, 0.15) is 5.82 Å². The van der Waals surface area contributed by atoms with E-state index < -0.39 is 0 Å². The van der Waals surface area contributed by atoms with Crippen LogP contribution in [-0.4, -0.2) is 7.05 Å². The average molecular weight is 279 g/mol. The van der Waals surface area contributed by atoms with Gasteiger partial charge in [-0.25, -0.2) is 4.39 Å². The molecule has 3 rings (SSSR count). The number of fused-ring (bicyclic) bond motifs is 1. The molecule has 1 atom stereocenters. The standard InChI is InChI=1S/C19H18FN/c1-13-6-5-7-14(12-13)19(21-2)17-10-11-18(20)16-9-4-3-8-15(16)17/h3-12,19,21H,1-2H3. The second kappa shape index (κ2) is 5.66. The normalized spacial score (nSPS) is 12.5. The van der Waals surface area contributed by atoms with E-state index in [1.807, 2.05) is 37.4 Å². The molecule has 1 nitrogen and oxygen atoms in total. The van der Waals surface area contributed by atoms with E-state index in [-0.39, 0.29) is 11.9 Å². The third-order valence-electron chi connectivity index (χ3n) is 3.88. The third kappa shape index (κ3) is 2.55. The minimum atomic E-state index is -0.173. The Bertz CT molecular complexity index is 779. The molecule has 0 aliphatic heterocycles. The lowest BCUT2D eigenvalue weighted by molar-refractivity contribution is 0.636. The van der Waals surface area contributed by atoms with Crippen LogP contribution in [0.3, 0.4) is 0 Å². The molecule has 0 radical (unpaired) electrons. The molecule has 1 N–H and O–H groups in total. The summed E-state index contributed by atoms with van der Waals surface area (Å²) >= 11 is 0. The van der Waals surface area contributed by atoms with E-state index in [1.165, 1.54) is 11.1 Å². The number of aryl methyl sites for hydroxylation is 1. The fourth-order valence-corrected chi connectivity index (χ4v) is 2.89. The highest BCUT2D eigenvalue weighted by Crippen LogP contribution is 2.30. The maximum Gasteiger partial charge on any atom is 0.131 e. The Balaban J connectivity index is 2.20. The Hall–Kier alpha value is -2.19. The van der Waals surface area contributed by atoms with Crippen molar-refractivity contribution in [1.82, 2.24) is 5.32 Å². The van der Waals surface area contributed by atoms with Gasteiger partial charge < -0.3 is 5.32 Å². The summed E-state index contributed by atoms with van der Waals surface area (Å²) in [5.74, 6) is -0.173. The summed E-state index contributed by atoms with van der Waals surface area (Å²) < 4.78 is 14.0. The van der Waals surface area contributed by atoms with Gasteiger partial charge in [-0.05, 0) is 36.6 Å². The molecule has 1 unspecified atom stereocenters. The van der Waals surface area contributed by atoms with Crippen molar-refractivity contribution in [1.29, 1.82) is 0 Å². The quantitative estimate of drug-likeness (QED) is 0.739. The molecule has 0 saturated heterocycles. The van der Waals surface area contributed by atoms with Gasteiger partial charge in [-0.1, -0.05) is 60.2 Å². The van der Waals surface area contributed by atoms with Crippen LogP contribution in [0.25, 0.3) is 10.8 Å². The Morgan fingerprint density at radius 1 is 0.905 bits per heavy atom. The summed E-state index contributed by atoms with van der Waals surface area (Å²) in [4.78, 5) is 0. The van der Waals surface area contributed by atoms with E-state index in [0.717, 1.165) is 10.9 Å². The van der Waals surface area contributed by atoms with Crippen molar-refractivity contribution in [2.24, 2.45) is 0 Å². The molecule has 0 amide bonds. The summed E-state index contributed by atoms with van der Waals surface area (Å²) in [5, 5.41) is 4.98. The van der Waals surface area contributed by atoms with Crippen molar-refractivity contribution in [3.05, 3.63) is 83.2 Å². The largest absolute Gasteiger partial charge is 0.309 e. The molecule has 21 heavy (non-hydrogen) atoms. The summed E-state index contributed by atoms with van der Waals surface area (Å²) in [6, 6.07) is 19.5. The lowest BCUT2D eigenvalue weighted by Crippen LogP contribution is -2.18. The average Bonchev–Trinajstić information content (AvgIpc) is 2.51. The van der Waals surface area contributed by atoms with Crippen molar-refractivity contribution >= 4 is 10.8 Å². The van der Waals surface area contributed by atoms with Crippen LogP contribution >= 0.6 is 0 Å². The smallest absolute Gasteiger partial charge is 0.131 e. The molecular weight excluding hydrogens is 261 g/mol. The van der Waals surface area contributed by atoms with E-state index in [9.17, 15) is 4.39 Å². The second-order valence-corrected chi connectivity index (χ2v) is 5.32.